The number of ketones is 1. The van der Waals surface area contributed by atoms with Crippen LogP contribution in [-0.2, 0) is 14.4 Å². The Balaban J connectivity index is 2.23. The van der Waals surface area contributed by atoms with E-state index in [-0.39, 0.29) is 30.1 Å². The van der Waals surface area contributed by atoms with Gasteiger partial charge in [-0.3, -0.25) is 9.59 Å². The molecule has 1 unspecified atom stereocenters. The molecule has 76 valence electrons. The van der Waals surface area contributed by atoms with Crippen LogP contribution in [0.5, 0.6) is 0 Å². The second kappa shape index (κ2) is 2.80. The number of Topliss-reactive ketones (excluding diaryl/α,β-unsaturated/α-hetero) is 1. The van der Waals surface area contributed by atoms with E-state index in [1.807, 2.05) is 6.92 Å². The number of hydrogen-bond acceptors (Lipinski definition) is 3. The fourth-order valence-electron chi connectivity index (χ4n) is 2.37. The maximum atomic E-state index is 11.4. The highest BCUT2D eigenvalue weighted by atomic mass is 16.4. The molecular weight excluding hydrogens is 186 g/mol. The minimum atomic E-state index is -1.21. The molecule has 2 heterocycles. The lowest BCUT2D eigenvalue weighted by Crippen LogP contribution is -2.61. The molecule has 0 aromatic heterocycles. The van der Waals surface area contributed by atoms with Crippen molar-refractivity contribution in [2.24, 2.45) is 5.92 Å². The van der Waals surface area contributed by atoms with Gasteiger partial charge in [-0.2, -0.15) is 0 Å². The van der Waals surface area contributed by atoms with Crippen LogP contribution in [0.15, 0.2) is 0 Å². The first kappa shape index (κ1) is 9.18. The molecule has 5 heteroatoms. The number of amides is 1. The molecule has 0 aromatic carbocycles. The van der Waals surface area contributed by atoms with Crippen LogP contribution in [0.4, 0.5) is 0 Å². The van der Waals surface area contributed by atoms with E-state index >= 15 is 0 Å². The molecule has 1 amide bonds. The number of carbonyl (C=O) groups is 3. The summed E-state index contributed by atoms with van der Waals surface area (Å²) >= 11 is 0. The molecule has 0 saturated carbocycles. The summed E-state index contributed by atoms with van der Waals surface area (Å²) in [6.07, 6.45) is 0.890. The van der Waals surface area contributed by atoms with E-state index in [0.29, 0.717) is 6.42 Å². The quantitative estimate of drug-likeness (QED) is 0.485. The van der Waals surface area contributed by atoms with Crippen LogP contribution in [-0.4, -0.2) is 39.7 Å². The number of aliphatic carboxylic acids is 1. The topological polar surface area (TPSA) is 74.7 Å². The summed E-state index contributed by atoms with van der Waals surface area (Å²) in [6, 6.07) is -1.36. The SMILES string of the molecule is CC[C@@H]1C(=O)N2C(C(=O)O)C(=O)C[C@@H]12. The van der Waals surface area contributed by atoms with Gasteiger partial charge in [-0.05, 0) is 6.42 Å². The Kier molecular flexibility index (Phi) is 1.83. The van der Waals surface area contributed by atoms with Gasteiger partial charge >= 0.3 is 5.97 Å². The Hall–Kier alpha value is -1.39. The molecule has 0 aliphatic carbocycles. The predicted octanol–water partition coefficient (Wildman–Crippen LogP) is -0.351. The van der Waals surface area contributed by atoms with Crippen LogP contribution in [0.25, 0.3) is 0 Å². The van der Waals surface area contributed by atoms with Crippen molar-refractivity contribution in [2.45, 2.75) is 31.8 Å². The molecule has 14 heavy (non-hydrogen) atoms. The first-order chi connectivity index (χ1) is 6.57. The monoisotopic (exact) mass is 197 g/mol. The summed E-state index contributed by atoms with van der Waals surface area (Å²) in [7, 11) is 0. The smallest absolute Gasteiger partial charge is 0.334 e. The maximum Gasteiger partial charge on any atom is 0.334 e. The average Bonchev–Trinajstić information content (AvgIpc) is 2.40. The Bertz CT molecular complexity index is 325. The number of rotatable bonds is 2. The summed E-state index contributed by atoms with van der Waals surface area (Å²) in [5.74, 6) is -1.87. The first-order valence-corrected chi connectivity index (χ1v) is 4.65. The zero-order valence-electron chi connectivity index (χ0n) is 7.77. The van der Waals surface area contributed by atoms with Crippen molar-refractivity contribution >= 4 is 17.7 Å². The van der Waals surface area contributed by atoms with Gasteiger partial charge in [-0.25, -0.2) is 4.79 Å². The number of nitrogens with zero attached hydrogens (tertiary/aromatic N) is 1. The molecule has 0 bridgehead atoms. The molecule has 0 spiro atoms. The van der Waals surface area contributed by atoms with Crippen LogP contribution in [0.2, 0.25) is 0 Å². The lowest BCUT2D eigenvalue weighted by molar-refractivity contribution is -0.164. The third-order valence-corrected chi connectivity index (χ3v) is 3.06. The molecule has 5 nitrogen and oxygen atoms in total. The van der Waals surface area contributed by atoms with Gasteiger partial charge in [0.2, 0.25) is 5.91 Å². The normalized spacial score (nSPS) is 35.5. The number of fused-ring (bicyclic) bond motifs is 1. The summed E-state index contributed by atoms with van der Waals surface area (Å²) in [5, 5.41) is 8.77. The van der Waals surface area contributed by atoms with Crippen LogP contribution < -0.4 is 0 Å². The Morgan fingerprint density at radius 2 is 2.21 bits per heavy atom. The van der Waals surface area contributed by atoms with Crippen molar-refractivity contribution in [3.63, 3.8) is 0 Å². The molecule has 0 radical (unpaired) electrons. The van der Waals surface area contributed by atoms with Crippen molar-refractivity contribution in [1.82, 2.24) is 4.90 Å². The van der Waals surface area contributed by atoms with Gasteiger partial charge in [-0.1, -0.05) is 6.92 Å². The number of carboxylic acid groups (broad SMARTS) is 1. The minimum absolute atomic E-state index is 0.136. The number of carboxylic acids is 1. The van der Waals surface area contributed by atoms with Gasteiger partial charge in [0.05, 0.1) is 12.0 Å². The number of carbonyl (C=O) groups excluding carboxylic acids is 2. The highest BCUT2D eigenvalue weighted by Gasteiger charge is 2.58. The predicted molar refractivity (Wildman–Crippen MR) is 45.5 cm³/mol. The Morgan fingerprint density at radius 3 is 2.71 bits per heavy atom. The summed E-state index contributed by atoms with van der Waals surface area (Å²) in [6.45, 7) is 1.87. The van der Waals surface area contributed by atoms with E-state index in [1.54, 1.807) is 0 Å². The fourth-order valence-corrected chi connectivity index (χ4v) is 2.37. The molecule has 3 atom stereocenters. The summed E-state index contributed by atoms with van der Waals surface area (Å²) < 4.78 is 0. The van der Waals surface area contributed by atoms with Gasteiger partial charge in [0.25, 0.3) is 0 Å². The summed E-state index contributed by atoms with van der Waals surface area (Å²) in [5.41, 5.74) is 0. The zero-order chi connectivity index (χ0) is 10.5. The molecule has 0 aromatic rings. The van der Waals surface area contributed by atoms with Crippen LogP contribution >= 0.6 is 0 Å². The van der Waals surface area contributed by atoms with Gasteiger partial charge < -0.3 is 10.0 Å². The largest absolute Gasteiger partial charge is 0.479 e. The molecule has 2 saturated heterocycles. The highest BCUT2D eigenvalue weighted by Crippen LogP contribution is 2.39. The van der Waals surface area contributed by atoms with Crippen LogP contribution in [0, 0.1) is 5.92 Å². The van der Waals surface area contributed by atoms with Crippen molar-refractivity contribution in [3.05, 3.63) is 0 Å². The number of hydrogen-bond donors (Lipinski definition) is 1. The van der Waals surface area contributed by atoms with E-state index in [4.69, 9.17) is 5.11 Å². The lowest BCUT2D eigenvalue weighted by Gasteiger charge is -2.43. The minimum Gasteiger partial charge on any atom is -0.479 e. The van der Waals surface area contributed by atoms with Gasteiger partial charge in [0.15, 0.2) is 11.8 Å². The van der Waals surface area contributed by atoms with E-state index < -0.39 is 12.0 Å². The standard InChI is InChI=1S/C9H11NO4/c1-2-4-5-3-6(11)7(9(13)14)10(5)8(4)12/h4-5,7H,2-3H2,1H3,(H,13,14)/t4-,5-,7?/m0/s1. The van der Waals surface area contributed by atoms with E-state index in [2.05, 4.69) is 0 Å². The molecule has 1 N–H and O–H groups in total. The van der Waals surface area contributed by atoms with Crippen LogP contribution in [0.1, 0.15) is 19.8 Å². The molecule has 2 fully saturated rings. The fraction of sp³-hybridized carbons (Fsp3) is 0.667. The highest BCUT2D eigenvalue weighted by molar-refractivity contribution is 6.10. The third-order valence-electron chi connectivity index (χ3n) is 3.06. The van der Waals surface area contributed by atoms with E-state index in [1.165, 1.54) is 4.90 Å². The van der Waals surface area contributed by atoms with E-state index in [9.17, 15) is 14.4 Å². The van der Waals surface area contributed by atoms with Crippen LogP contribution in [0.3, 0.4) is 0 Å². The van der Waals surface area contributed by atoms with Crippen molar-refractivity contribution in [3.8, 4) is 0 Å². The first-order valence-electron chi connectivity index (χ1n) is 4.65. The second-order valence-electron chi connectivity index (χ2n) is 3.74. The lowest BCUT2D eigenvalue weighted by atomic mass is 9.86. The Morgan fingerprint density at radius 1 is 1.57 bits per heavy atom. The van der Waals surface area contributed by atoms with Crippen molar-refractivity contribution in [2.75, 3.05) is 0 Å². The zero-order valence-corrected chi connectivity index (χ0v) is 7.77. The molecule has 2 aliphatic heterocycles. The van der Waals surface area contributed by atoms with Gasteiger partial charge in [0, 0.05) is 6.42 Å². The second-order valence-corrected chi connectivity index (χ2v) is 3.74. The number of β-lactam (4-membered cyclic amide) rings is 1. The third kappa shape index (κ3) is 0.921. The molecule has 2 aliphatic rings. The Labute approximate surface area is 80.7 Å². The van der Waals surface area contributed by atoms with Crippen molar-refractivity contribution in [1.29, 1.82) is 0 Å². The van der Waals surface area contributed by atoms with E-state index in [0.717, 1.165) is 0 Å². The van der Waals surface area contributed by atoms with Gasteiger partial charge in [-0.15, -0.1) is 0 Å². The summed E-state index contributed by atoms with van der Waals surface area (Å²) in [4.78, 5) is 34.7. The van der Waals surface area contributed by atoms with Crippen molar-refractivity contribution < 1.29 is 19.5 Å². The van der Waals surface area contributed by atoms with Gasteiger partial charge in [0.1, 0.15) is 0 Å². The average molecular weight is 197 g/mol. The molecular formula is C9H11NO4. The molecule has 2 rings (SSSR count). The maximum absolute atomic E-state index is 11.4.